The van der Waals surface area contributed by atoms with Crippen LogP contribution in [0.1, 0.15) is 6.42 Å². The summed E-state index contributed by atoms with van der Waals surface area (Å²) in [7, 11) is 0. The molecule has 0 amide bonds. The van der Waals surface area contributed by atoms with Crippen LogP contribution in [-0.2, 0) is 0 Å². The normalized spacial score (nSPS) is 9.83. The summed E-state index contributed by atoms with van der Waals surface area (Å²) in [5, 5.41) is 11.7. The van der Waals surface area contributed by atoms with Gasteiger partial charge < -0.3 is 10.4 Å². The predicted octanol–water partition coefficient (Wildman–Crippen LogP) is 2.24. The molecule has 1 aromatic carbocycles. The highest BCUT2D eigenvalue weighted by molar-refractivity contribution is 9.10. The van der Waals surface area contributed by atoms with Crippen LogP contribution in [0.15, 0.2) is 28.7 Å². The number of aliphatic hydroxyl groups is 1. The van der Waals surface area contributed by atoms with E-state index in [1.54, 1.807) is 0 Å². The number of hydrogen-bond donors (Lipinski definition) is 2. The van der Waals surface area contributed by atoms with E-state index in [1.807, 2.05) is 24.3 Å². The van der Waals surface area contributed by atoms with Crippen LogP contribution < -0.4 is 5.32 Å². The molecule has 0 heterocycles. The molecule has 2 N–H and O–H groups in total. The smallest absolute Gasteiger partial charge is 0.0447 e. The molecule has 0 aliphatic rings. The molecule has 0 bridgehead atoms. The number of anilines is 1. The van der Waals surface area contributed by atoms with Crippen molar-refractivity contribution in [3.8, 4) is 0 Å². The van der Waals surface area contributed by atoms with E-state index >= 15 is 0 Å². The minimum atomic E-state index is 0.237. The van der Waals surface area contributed by atoms with Crippen LogP contribution in [0, 0.1) is 0 Å². The Morgan fingerprint density at radius 2 is 2.25 bits per heavy atom. The summed E-state index contributed by atoms with van der Waals surface area (Å²) < 4.78 is 1.07. The van der Waals surface area contributed by atoms with Gasteiger partial charge in [-0.2, -0.15) is 0 Å². The molecule has 0 saturated carbocycles. The summed E-state index contributed by atoms with van der Waals surface area (Å²) in [5.74, 6) is 0. The van der Waals surface area contributed by atoms with Crippen molar-refractivity contribution >= 4 is 21.6 Å². The Labute approximate surface area is 80.7 Å². The number of aliphatic hydroxyl groups excluding tert-OH is 1. The average Bonchev–Trinajstić information content (AvgIpc) is 2.05. The fourth-order valence-corrected chi connectivity index (χ4v) is 1.31. The molecule has 0 aliphatic carbocycles. The van der Waals surface area contributed by atoms with Gasteiger partial charge in [-0.25, -0.2) is 0 Å². The fraction of sp³-hybridized carbons (Fsp3) is 0.333. The van der Waals surface area contributed by atoms with Crippen molar-refractivity contribution in [3.05, 3.63) is 28.7 Å². The van der Waals surface area contributed by atoms with Crippen molar-refractivity contribution < 1.29 is 5.11 Å². The topological polar surface area (TPSA) is 32.3 Å². The summed E-state index contributed by atoms with van der Waals surface area (Å²) in [6.45, 7) is 1.05. The molecule has 2 nitrogen and oxygen atoms in total. The number of hydrogen-bond acceptors (Lipinski definition) is 2. The lowest BCUT2D eigenvalue weighted by atomic mass is 10.3. The molecule has 0 fully saturated rings. The van der Waals surface area contributed by atoms with Crippen LogP contribution in [0.25, 0.3) is 0 Å². The third-order valence-corrected chi connectivity index (χ3v) is 1.98. The third kappa shape index (κ3) is 3.24. The van der Waals surface area contributed by atoms with Gasteiger partial charge in [0.15, 0.2) is 0 Å². The first-order chi connectivity index (χ1) is 5.83. The van der Waals surface area contributed by atoms with Gasteiger partial charge in [-0.05, 0) is 24.6 Å². The summed E-state index contributed by atoms with van der Waals surface area (Å²) in [4.78, 5) is 0. The Balaban J connectivity index is 2.41. The molecule has 0 aromatic heterocycles. The van der Waals surface area contributed by atoms with Crippen molar-refractivity contribution in [2.75, 3.05) is 18.5 Å². The van der Waals surface area contributed by atoms with E-state index in [0.717, 1.165) is 23.1 Å². The van der Waals surface area contributed by atoms with E-state index in [9.17, 15) is 0 Å². The van der Waals surface area contributed by atoms with Gasteiger partial charge in [0.25, 0.3) is 0 Å². The number of nitrogens with one attached hydrogen (secondary N) is 1. The molecule has 3 heteroatoms. The van der Waals surface area contributed by atoms with Gasteiger partial charge in [0.05, 0.1) is 0 Å². The van der Waals surface area contributed by atoms with Gasteiger partial charge in [-0.1, -0.05) is 22.0 Å². The maximum Gasteiger partial charge on any atom is 0.0447 e. The zero-order valence-corrected chi connectivity index (χ0v) is 8.34. The van der Waals surface area contributed by atoms with E-state index < -0.39 is 0 Å². The summed E-state index contributed by atoms with van der Waals surface area (Å²) in [6.07, 6.45) is 0.784. The van der Waals surface area contributed by atoms with Gasteiger partial charge in [-0.3, -0.25) is 0 Å². The highest BCUT2D eigenvalue weighted by atomic mass is 79.9. The summed E-state index contributed by atoms with van der Waals surface area (Å²) in [5.41, 5.74) is 1.08. The van der Waals surface area contributed by atoms with Crippen LogP contribution in [0.3, 0.4) is 0 Å². The van der Waals surface area contributed by atoms with Crippen molar-refractivity contribution in [1.82, 2.24) is 0 Å². The Hall–Kier alpha value is -0.540. The van der Waals surface area contributed by atoms with Gasteiger partial charge in [0.1, 0.15) is 0 Å². The molecule has 0 radical (unpaired) electrons. The molecule has 0 unspecified atom stereocenters. The maximum atomic E-state index is 8.55. The lowest BCUT2D eigenvalue weighted by Crippen LogP contribution is -2.02. The van der Waals surface area contributed by atoms with Crippen molar-refractivity contribution in [1.29, 1.82) is 0 Å². The molecule has 1 aromatic rings. The number of halogens is 1. The largest absolute Gasteiger partial charge is 0.396 e. The van der Waals surface area contributed by atoms with E-state index in [4.69, 9.17) is 5.11 Å². The van der Waals surface area contributed by atoms with Gasteiger partial charge >= 0.3 is 0 Å². The highest BCUT2D eigenvalue weighted by Crippen LogP contribution is 2.15. The Bertz CT molecular complexity index is 240. The van der Waals surface area contributed by atoms with E-state index in [1.165, 1.54) is 0 Å². The lowest BCUT2D eigenvalue weighted by molar-refractivity contribution is 0.292. The summed E-state index contributed by atoms with van der Waals surface area (Å²) >= 11 is 3.38. The van der Waals surface area contributed by atoms with Gasteiger partial charge in [-0.15, -0.1) is 0 Å². The number of rotatable bonds is 4. The van der Waals surface area contributed by atoms with Crippen molar-refractivity contribution in [2.24, 2.45) is 0 Å². The average molecular weight is 230 g/mol. The Kier molecular flexibility index (Phi) is 4.11. The molecule has 12 heavy (non-hydrogen) atoms. The summed E-state index contributed by atoms with van der Waals surface area (Å²) in [6, 6.07) is 7.97. The first-order valence-electron chi connectivity index (χ1n) is 3.93. The fourth-order valence-electron chi connectivity index (χ4n) is 0.910. The van der Waals surface area contributed by atoms with E-state index in [-0.39, 0.29) is 6.61 Å². The molecule has 0 saturated heterocycles. The first-order valence-corrected chi connectivity index (χ1v) is 4.72. The quantitative estimate of drug-likeness (QED) is 0.777. The second kappa shape index (κ2) is 5.17. The van der Waals surface area contributed by atoms with Crippen LogP contribution in [0.2, 0.25) is 0 Å². The second-order valence-corrected chi connectivity index (χ2v) is 3.43. The third-order valence-electron chi connectivity index (χ3n) is 1.49. The molecule has 0 aliphatic heterocycles. The standard InChI is InChI=1S/C9H12BrNO/c10-8-3-1-4-9(7-8)11-5-2-6-12/h1,3-4,7,11-12H,2,5-6H2. The highest BCUT2D eigenvalue weighted by Gasteiger charge is 1.91. The Morgan fingerprint density at radius 3 is 2.92 bits per heavy atom. The van der Waals surface area contributed by atoms with Crippen LogP contribution in [0.4, 0.5) is 5.69 Å². The molecule has 1 rings (SSSR count). The molecular weight excluding hydrogens is 218 g/mol. The van der Waals surface area contributed by atoms with Crippen molar-refractivity contribution in [3.63, 3.8) is 0 Å². The van der Waals surface area contributed by atoms with E-state index in [2.05, 4.69) is 21.2 Å². The zero-order chi connectivity index (χ0) is 8.81. The van der Waals surface area contributed by atoms with Crippen molar-refractivity contribution in [2.45, 2.75) is 6.42 Å². The van der Waals surface area contributed by atoms with Crippen LogP contribution in [0.5, 0.6) is 0 Å². The minimum absolute atomic E-state index is 0.237. The first kappa shape index (κ1) is 9.55. The lowest BCUT2D eigenvalue weighted by Gasteiger charge is -2.04. The van der Waals surface area contributed by atoms with E-state index in [0.29, 0.717) is 0 Å². The molecule has 0 spiro atoms. The SMILES string of the molecule is OCCCNc1cccc(Br)c1. The Morgan fingerprint density at radius 1 is 1.42 bits per heavy atom. The maximum absolute atomic E-state index is 8.55. The number of benzene rings is 1. The van der Waals surface area contributed by atoms with Crippen LogP contribution in [-0.4, -0.2) is 18.3 Å². The molecule has 66 valence electrons. The molecular formula is C9H12BrNO. The van der Waals surface area contributed by atoms with Gasteiger partial charge in [0, 0.05) is 23.3 Å². The zero-order valence-electron chi connectivity index (χ0n) is 6.76. The van der Waals surface area contributed by atoms with Gasteiger partial charge in [0.2, 0.25) is 0 Å². The minimum Gasteiger partial charge on any atom is -0.396 e. The second-order valence-electron chi connectivity index (χ2n) is 2.51. The molecule has 0 atom stereocenters. The predicted molar refractivity (Wildman–Crippen MR) is 54.3 cm³/mol. The monoisotopic (exact) mass is 229 g/mol. The van der Waals surface area contributed by atoms with Crippen LogP contribution >= 0.6 is 15.9 Å².